The Bertz CT molecular complexity index is 1760. The molecule has 0 aliphatic carbocycles. The first kappa shape index (κ1) is 25.7. The summed E-state index contributed by atoms with van der Waals surface area (Å²) in [6, 6.07) is 14.7. The molecule has 1 aliphatic rings. The zero-order valence-electron chi connectivity index (χ0n) is 22.0. The van der Waals surface area contributed by atoms with Gasteiger partial charge in [0, 0.05) is 41.9 Å². The van der Waals surface area contributed by atoms with E-state index in [1.807, 2.05) is 56.4 Å². The Morgan fingerprint density at radius 2 is 1.82 bits per heavy atom. The van der Waals surface area contributed by atoms with Gasteiger partial charge in [-0.2, -0.15) is 0 Å². The van der Waals surface area contributed by atoms with Crippen molar-refractivity contribution in [2.75, 3.05) is 27.4 Å². The fourth-order valence-electron chi connectivity index (χ4n) is 4.93. The maximum absolute atomic E-state index is 14.0. The Labute approximate surface area is 223 Å². The van der Waals surface area contributed by atoms with E-state index in [2.05, 4.69) is 21.7 Å². The molecule has 0 radical (unpaired) electrons. The maximum atomic E-state index is 14.0. The minimum Gasteiger partial charge on any atom is -0.496 e. The van der Waals surface area contributed by atoms with E-state index >= 15 is 0 Å². The molecule has 0 N–H and O–H groups in total. The van der Waals surface area contributed by atoms with Crippen LogP contribution in [-0.2, 0) is 21.3 Å². The van der Waals surface area contributed by atoms with Crippen LogP contribution in [0.3, 0.4) is 0 Å². The summed E-state index contributed by atoms with van der Waals surface area (Å²) in [5.74, 6) is 0.0206. The number of allylic oxidation sites excluding steroid dienone is 1. The number of carbonyl (C=O) groups excluding carboxylic acids is 1. The van der Waals surface area contributed by atoms with Gasteiger partial charge in [-0.05, 0) is 32.1 Å². The smallest absolute Gasteiger partial charge is 0.338 e. The Balaban J connectivity index is 1.74. The molecule has 1 aliphatic heterocycles. The number of fused-ring (bicyclic) bond motifs is 2. The van der Waals surface area contributed by atoms with Crippen LogP contribution in [0.5, 0.6) is 5.75 Å². The van der Waals surface area contributed by atoms with Crippen LogP contribution in [0.4, 0.5) is 0 Å². The van der Waals surface area contributed by atoms with E-state index in [1.165, 1.54) is 11.3 Å². The van der Waals surface area contributed by atoms with Crippen LogP contribution in [-0.4, -0.2) is 42.5 Å². The molecule has 4 aromatic rings. The maximum Gasteiger partial charge on any atom is 0.338 e. The van der Waals surface area contributed by atoms with E-state index in [4.69, 9.17) is 14.2 Å². The van der Waals surface area contributed by atoms with Crippen molar-refractivity contribution in [3.63, 3.8) is 0 Å². The molecule has 1 atom stereocenters. The monoisotopic (exact) mass is 531 g/mol. The van der Waals surface area contributed by atoms with Crippen LogP contribution >= 0.6 is 11.3 Å². The number of hydrogen-bond acceptors (Lipinski definition) is 7. The van der Waals surface area contributed by atoms with Gasteiger partial charge in [-0.25, -0.2) is 9.79 Å². The number of rotatable bonds is 7. The third-order valence-corrected chi connectivity index (χ3v) is 7.90. The number of nitrogens with zero attached hydrogens (tertiary/aromatic N) is 3. The number of esters is 1. The molecular formula is C29H29N3O5S. The lowest BCUT2D eigenvalue weighted by Crippen LogP contribution is -2.40. The predicted molar refractivity (Wildman–Crippen MR) is 147 cm³/mol. The highest BCUT2D eigenvalue weighted by Gasteiger charge is 2.35. The lowest BCUT2D eigenvalue weighted by Gasteiger charge is -2.26. The van der Waals surface area contributed by atoms with Crippen molar-refractivity contribution in [1.29, 1.82) is 0 Å². The number of hydrogen-bond donors (Lipinski definition) is 0. The Hall–Kier alpha value is -3.95. The van der Waals surface area contributed by atoms with Gasteiger partial charge in [-0.3, -0.25) is 9.36 Å². The van der Waals surface area contributed by atoms with Gasteiger partial charge < -0.3 is 18.8 Å². The number of ether oxygens (including phenoxy) is 3. The molecule has 1 unspecified atom stereocenters. The molecule has 0 saturated heterocycles. The van der Waals surface area contributed by atoms with Gasteiger partial charge in [0.25, 0.3) is 5.56 Å². The summed E-state index contributed by atoms with van der Waals surface area (Å²) in [4.78, 5) is 32.5. The molecule has 8 nitrogen and oxygen atoms in total. The summed E-state index contributed by atoms with van der Waals surface area (Å²) in [5, 5.41) is 1.07. The van der Waals surface area contributed by atoms with Crippen LogP contribution in [0.1, 0.15) is 29.8 Å². The second-order valence-electron chi connectivity index (χ2n) is 9.03. The SMILES string of the molecule is COCCOC(=O)C1=C(C)N=c2sc(=Cc3c(C)n(C)c4ccccc34)c(=O)n2C1c1ccccc1OC. The fraction of sp³-hybridized carbons (Fsp3) is 0.276. The molecule has 38 heavy (non-hydrogen) atoms. The zero-order valence-corrected chi connectivity index (χ0v) is 22.8. The predicted octanol–water partition coefficient (Wildman–Crippen LogP) is 3.23. The number of aryl methyl sites for hydroxylation is 1. The fourth-order valence-corrected chi connectivity index (χ4v) is 5.96. The second-order valence-corrected chi connectivity index (χ2v) is 10.0. The average Bonchev–Trinajstić information content (AvgIpc) is 3.36. The van der Waals surface area contributed by atoms with Crippen LogP contribution in [0.25, 0.3) is 17.0 Å². The van der Waals surface area contributed by atoms with Crippen molar-refractivity contribution in [2.24, 2.45) is 12.0 Å². The average molecular weight is 532 g/mol. The molecule has 0 fully saturated rings. The van der Waals surface area contributed by atoms with Gasteiger partial charge in [0.1, 0.15) is 18.4 Å². The Morgan fingerprint density at radius 1 is 1.08 bits per heavy atom. The number of aromatic nitrogens is 2. The largest absolute Gasteiger partial charge is 0.496 e. The molecule has 2 aromatic carbocycles. The molecular weight excluding hydrogens is 502 g/mol. The lowest BCUT2D eigenvalue weighted by atomic mass is 9.95. The minimum absolute atomic E-state index is 0.0928. The minimum atomic E-state index is -0.756. The normalized spacial score (nSPS) is 15.5. The second kappa shape index (κ2) is 10.4. The van der Waals surface area contributed by atoms with Gasteiger partial charge in [-0.1, -0.05) is 47.7 Å². The van der Waals surface area contributed by atoms with Crippen molar-refractivity contribution >= 4 is 34.3 Å². The molecule has 0 spiro atoms. The number of para-hydroxylation sites is 2. The summed E-state index contributed by atoms with van der Waals surface area (Å²) >= 11 is 1.31. The molecule has 3 heterocycles. The molecule has 5 rings (SSSR count). The number of methoxy groups -OCH3 is 2. The quantitative estimate of drug-likeness (QED) is 0.270. The zero-order chi connectivity index (χ0) is 27.0. The van der Waals surface area contributed by atoms with E-state index in [-0.39, 0.29) is 18.8 Å². The highest BCUT2D eigenvalue weighted by Crippen LogP contribution is 2.35. The first-order valence-electron chi connectivity index (χ1n) is 12.2. The van der Waals surface area contributed by atoms with Gasteiger partial charge in [-0.15, -0.1) is 0 Å². The van der Waals surface area contributed by atoms with Crippen molar-refractivity contribution in [3.05, 3.63) is 96.3 Å². The van der Waals surface area contributed by atoms with Crippen LogP contribution < -0.4 is 19.6 Å². The number of benzene rings is 2. The first-order chi connectivity index (χ1) is 18.4. The van der Waals surface area contributed by atoms with E-state index < -0.39 is 12.0 Å². The standard InChI is InChI=1S/C29H29N3O5S/c1-17-25(28(34)37-15-14-35-4)26(20-11-7-9-13-23(20)36-5)32-27(33)24(38-29(32)30-17)16-21-18(2)31(3)22-12-8-6-10-19(21)22/h6-13,16,26H,14-15H2,1-5H3. The van der Waals surface area contributed by atoms with Gasteiger partial charge in [0.05, 0.1) is 29.5 Å². The summed E-state index contributed by atoms with van der Waals surface area (Å²) < 4.78 is 20.4. The van der Waals surface area contributed by atoms with Crippen LogP contribution in [0.2, 0.25) is 0 Å². The van der Waals surface area contributed by atoms with E-state index in [0.717, 1.165) is 22.2 Å². The van der Waals surface area contributed by atoms with Crippen molar-refractivity contribution in [2.45, 2.75) is 19.9 Å². The molecule has 0 saturated carbocycles. The third-order valence-electron chi connectivity index (χ3n) is 6.92. The van der Waals surface area contributed by atoms with Crippen LogP contribution in [0.15, 0.2) is 69.6 Å². The first-order valence-corrected chi connectivity index (χ1v) is 13.0. The van der Waals surface area contributed by atoms with E-state index in [1.54, 1.807) is 25.7 Å². The molecule has 2 aromatic heterocycles. The van der Waals surface area contributed by atoms with Crippen molar-refractivity contribution < 1.29 is 19.0 Å². The van der Waals surface area contributed by atoms with Crippen molar-refractivity contribution in [3.8, 4) is 5.75 Å². The van der Waals surface area contributed by atoms with Gasteiger partial charge >= 0.3 is 5.97 Å². The summed E-state index contributed by atoms with van der Waals surface area (Å²) in [6.45, 7) is 4.16. The lowest BCUT2D eigenvalue weighted by molar-refractivity contribution is -0.140. The summed E-state index contributed by atoms with van der Waals surface area (Å²) in [5.41, 5.74) is 4.37. The molecule has 0 bridgehead atoms. The summed E-state index contributed by atoms with van der Waals surface area (Å²) in [6.07, 6.45) is 1.93. The number of carbonyl (C=O) groups is 1. The van der Waals surface area contributed by atoms with Crippen LogP contribution in [0, 0.1) is 6.92 Å². The third kappa shape index (κ3) is 4.27. The Kier molecular flexibility index (Phi) is 7.05. The van der Waals surface area contributed by atoms with Gasteiger partial charge in [0.15, 0.2) is 4.80 Å². The Morgan fingerprint density at radius 3 is 2.58 bits per heavy atom. The topological polar surface area (TPSA) is 84.0 Å². The van der Waals surface area contributed by atoms with E-state index in [9.17, 15) is 9.59 Å². The summed E-state index contributed by atoms with van der Waals surface area (Å²) in [7, 11) is 5.13. The molecule has 0 amide bonds. The van der Waals surface area contributed by atoms with Crippen molar-refractivity contribution in [1.82, 2.24) is 9.13 Å². The van der Waals surface area contributed by atoms with E-state index in [0.29, 0.717) is 31.9 Å². The highest BCUT2D eigenvalue weighted by atomic mass is 32.1. The molecule has 196 valence electrons. The van der Waals surface area contributed by atoms with Gasteiger partial charge in [0.2, 0.25) is 0 Å². The highest BCUT2D eigenvalue weighted by molar-refractivity contribution is 7.07. The molecule has 9 heteroatoms. The number of thiazole rings is 1.